The van der Waals surface area contributed by atoms with Gasteiger partial charge in [0.25, 0.3) is 5.91 Å². The fraction of sp³-hybridized carbons (Fsp3) is 0.200. The fourth-order valence-electron chi connectivity index (χ4n) is 2.08. The van der Waals surface area contributed by atoms with E-state index in [1.807, 2.05) is 0 Å². The molecule has 26 heavy (non-hydrogen) atoms. The van der Waals surface area contributed by atoms with Gasteiger partial charge >= 0.3 is 5.97 Å². The number of hydrogen-bond donors (Lipinski definition) is 3. The number of phenols is 1. The highest BCUT2D eigenvalue weighted by atomic mass is 79.9. The summed E-state index contributed by atoms with van der Waals surface area (Å²) in [6, 6.07) is 2.33. The first kappa shape index (κ1) is 20.9. The topological polar surface area (TPSA) is 107 Å². The Balaban J connectivity index is 2.26. The standard InChI is InChI=1S/C15H12Br2N2O5S2/c1-6(13(23)18-5-11(20)21)19-14(24)10(26-15(19)25)3-7-2-8(16)4-9(17)12(7)22/h2-4,6,22H,5H2,1H3,(H,18,23)(H,20,21)/b10-3-. The lowest BCUT2D eigenvalue weighted by atomic mass is 10.2. The molecule has 2 amide bonds. The summed E-state index contributed by atoms with van der Waals surface area (Å²) in [7, 11) is 0. The first-order valence-corrected chi connectivity index (χ1v) is 9.87. The fourth-order valence-corrected chi connectivity index (χ4v) is 4.75. The van der Waals surface area contributed by atoms with Crippen LogP contribution < -0.4 is 5.32 Å². The zero-order valence-corrected chi connectivity index (χ0v) is 18.0. The van der Waals surface area contributed by atoms with Gasteiger partial charge in [-0.05, 0) is 41.1 Å². The van der Waals surface area contributed by atoms with Gasteiger partial charge in [0, 0.05) is 10.0 Å². The summed E-state index contributed by atoms with van der Waals surface area (Å²) in [6.45, 7) is 0.909. The molecule has 0 saturated carbocycles. The maximum Gasteiger partial charge on any atom is 0.322 e. The molecule has 138 valence electrons. The predicted octanol–water partition coefficient (Wildman–Crippen LogP) is 2.71. The minimum atomic E-state index is -1.19. The Kier molecular flexibility index (Phi) is 6.83. The van der Waals surface area contributed by atoms with Gasteiger partial charge in [-0.15, -0.1) is 0 Å². The lowest BCUT2D eigenvalue weighted by molar-refractivity contribution is -0.139. The number of carboxylic acids is 1. The van der Waals surface area contributed by atoms with Gasteiger partial charge in [-0.1, -0.05) is 39.9 Å². The van der Waals surface area contributed by atoms with Crippen LogP contribution in [-0.2, 0) is 14.4 Å². The Morgan fingerprint density at radius 1 is 1.42 bits per heavy atom. The molecule has 0 bridgehead atoms. The molecule has 2 rings (SSSR count). The number of carboxylic acid groups (broad SMARTS) is 1. The summed E-state index contributed by atoms with van der Waals surface area (Å²) in [5, 5.41) is 21.0. The first-order chi connectivity index (χ1) is 12.1. The number of hydrogen-bond acceptors (Lipinski definition) is 6. The molecule has 1 aromatic rings. The number of halogens is 2. The average Bonchev–Trinajstić information content (AvgIpc) is 2.83. The molecule has 1 aliphatic rings. The number of thioether (sulfide) groups is 1. The second-order valence-electron chi connectivity index (χ2n) is 5.16. The molecule has 0 aromatic heterocycles. The normalized spacial score (nSPS) is 16.9. The van der Waals surface area contributed by atoms with E-state index in [4.69, 9.17) is 17.3 Å². The van der Waals surface area contributed by atoms with Crippen molar-refractivity contribution >= 4 is 84.0 Å². The third kappa shape index (κ3) is 4.64. The molecule has 0 spiro atoms. The Hall–Kier alpha value is -1.43. The minimum absolute atomic E-state index is 0.0364. The molecule has 1 aromatic carbocycles. The smallest absolute Gasteiger partial charge is 0.322 e. The number of aromatic hydroxyl groups is 1. The number of thiocarbonyl (C=S) groups is 1. The van der Waals surface area contributed by atoms with Crippen molar-refractivity contribution in [2.45, 2.75) is 13.0 Å². The number of phenolic OH excluding ortho intramolecular Hbond substituents is 1. The van der Waals surface area contributed by atoms with Crippen LogP contribution in [0.3, 0.4) is 0 Å². The van der Waals surface area contributed by atoms with Crippen LogP contribution in [0.4, 0.5) is 0 Å². The third-order valence-electron chi connectivity index (χ3n) is 3.35. The van der Waals surface area contributed by atoms with E-state index in [2.05, 4.69) is 37.2 Å². The van der Waals surface area contributed by atoms with E-state index in [0.29, 0.717) is 14.5 Å². The number of nitrogens with zero attached hydrogens (tertiary/aromatic N) is 1. The zero-order chi connectivity index (χ0) is 19.6. The van der Waals surface area contributed by atoms with Gasteiger partial charge in [0.05, 0.1) is 9.38 Å². The third-order valence-corrected chi connectivity index (χ3v) is 5.74. The molecular formula is C15H12Br2N2O5S2. The number of nitrogens with one attached hydrogen (secondary N) is 1. The van der Waals surface area contributed by atoms with Crippen molar-refractivity contribution < 1.29 is 24.6 Å². The van der Waals surface area contributed by atoms with Crippen LogP contribution in [-0.4, -0.2) is 49.8 Å². The summed E-state index contributed by atoms with van der Waals surface area (Å²) < 4.78 is 1.33. The minimum Gasteiger partial charge on any atom is -0.506 e. The van der Waals surface area contributed by atoms with Crippen LogP contribution in [0.1, 0.15) is 12.5 Å². The maximum absolute atomic E-state index is 12.6. The van der Waals surface area contributed by atoms with Gasteiger partial charge < -0.3 is 15.5 Å². The van der Waals surface area contributed by atoms with E-state index in [0.717, 1.165) is 16.7 Å². The van der Waals surface area contributed by atoms with Gasteiger partial charge in [-0.3, -0.25) is 19.3 Å². The van der Waals surface area contributed by atoms with Gasteiger partial charge in [-0.25, -0.2) is 0 Å². The van der Waals surface area contributed by atoms with Crippen molar-refractivity contribution in [1.29, 1.82) is 0 Å². The Labute approximate surface area is 175 Å². The van der Waals surface area contributed by atoms with E-state index >= 15 is 0 Å². The number of carbonyl (C=O) groups excluding carboxylic acids is 2. The number of amides is 2. The van der Waals surface area contributed by atoms with E-state index < -0.39 is 30.4 Å². The predicted molar refractivity (Wildman–Crippen MR) is 109 cm³/mol. The number of carbonyl (C=O) groups is 3. The molecule has 7 nitrogen and oxygen atoms in total. The lowest BCUT2D eigenvalue weighted by Crippen LogP contribution is -2.48. The Morgan fingerprint density at radius 2 is 2.08 bits per heavy atom. The Morgan fingerprint density at radius 3 is 2.69 bits per heavy atom. The van der Waals surface area contributed by atoms with Crippen molar-refractivity contribution in [2.24, 2.45) is 0 Å². The molecule has 1 unspecified atom stereocenters. The first-order valence-electron chi connectivity index (χ1n) is 7.06. The maximum atomic E-state index is 12.6. The van der Waals surface area contributed by atoms with Crippen molar-refractivity contribution in [3.8, 4) is 5.75 Å². The highest BCUT2D eigenvalue weighted by Crippen LogP contribution is 2.38. The molecule has 1 fully saturated rings. The number of rotatable bonds is 5. The van der Waals surface area contributed by atoms with E-state index in [9.17, 15) is 19.5 Å². The molecule has 3 N–H and O–H groups in total. The Bertz CT molecular complexity index is 844. The van der Waals surface area contributed by atoms with Crippen molar-refractivity contribution in [3.63, 3.8) is 0 Å². The highest BCUT2D eigenvalue weighted by Gasteiger charge is 2.38. The summed E-state index contributed by atoms with van der Waals surface area (Å²) in [5.41, 5.74) is 0.398. The van der Waals surface area contributed by atoms with E-state index in [1.165, 1.54) is 13.0 Å². The van der Waals surface area contributed by atoms with Crippen LogP contribution in [0.25, 0.3) is 6.08 Å². The second-order valence-corrected chi connectivity index (χ2v) is 8.61. The lowest BCUT2D eigenvalue weighted by Gasteiger charge is -2.21. The van der Waals surface area contributed by atoms with Crippen LogP contribution in [0.15, 0.2) is 26.0 Å². The molecule has 0 radical (unpaired) electrons. The zero-order valence-electron chi connectivity index (χ0n) is 13.2. The molecule has 1 aliphatic heterocycles. The molecule has 1 atom stereocenters. The van der Waals surface area contributed by atoms with Crippen LogP contribution in [0.5, 0.6) is 5.75 Å². The van der Waals surface area contributed by atoms with Crippen LogP contribution in [0.2, 0.25) is 0 Å². The van der Waals surface area contributed by atoms with Gasteiger partial charge in [0.1, 0.15) is 22.7 Å². The number of aliphatic carboxylic acids is 1. The molecule has 11 heteroatoms. The van der Waals surface area contributed by atoms with Crippen LogP contribution >= 0.6 is 55.8 Å². The van der Waals surface area contributed by atoms with Gasteiger partial charge in [0.2, 0.25) is 5.91 Å². The van der Waals surface area contributed by atoms with E-state index in [1.54, 1.807) is 12.1 Å². The second kappa shape index (κ2) is 8.51. The summed E-state index contributed by atoms with van der Waals surface area (Å²) in [5.74, 6) is -2.34. The summed E-state index contributed by atoms with van der Waals surface area (Å²) in [6.07, 6.45) is 1.48. The molecule has 0 aliphatic carbocycles. The molecular weight excluding hydrogens is 512 g/mol. The SMILES string of the molecule is CC(C(=O)NCC(=O)O)N1C(=O)/C(=C/c2cc(Br)cc(Br)c2O)SC1=S. The van der Waals surface area contributed by atoms with Crippen LogP contribution in [0, 0.1) is 0 Å². The largest absolute Gasteiger partial charge is 0.506 e. The van der Waals surface area contributed by atoms with Crippen molar-refractivity contribution in [3.05, 3.63) is 31.5 Å². The quantitative estimate of drug-likeness (QED) is 0.402. The van der Waals surface area contributed by atoms with Crippen molar-refractivity contribution in [1.82, 2.24) is 10.2 Å². The summed E-state index contributed by atoms with van der Waals surface area (Å²) in [4.78, 5) is 36.6. The van der Waals surface area contributed by atoms with E-state index in [-0.39, 0.29) is 15.0 Å². The molecule has 1 heterocycles. The van der Waals surface area contributed by atoms with Gasteiger partial charge in [0.15, 0.2) is 0 Å². The van der Waals surface area contributed by atoms with Crippen molar-refractivity contribution in [2.75, 3.05) is 6.54 Å². The average molecular weight is 524 g/mol. The van der Waals surface area contributed by atoms with Gasteiger partial charge in [-0.2, -0.15) is 0 Å². The monoisotopic (exact) mass is 522 g/mol. The highest BCUT2D eigenvalue weighted by molar-refractivity contribution is 9.11. The molecule has 1 saturated heterocycles. The number of benzene rings is 1. The summed E-state index contributed by atoms with van der Waals surface area (Å²) >= 11 is 12.7.